The summed E-state index contributed by atoms with van der Waals surface area (Å²) in [6.07, 6.45) is 16.7. The lowest BCUT2D eigenvalue weighted by atomic mass is 9.58. The maximum Gasteiger partial charge on any atom is 0.407 e. The molecule has 2 spiro atoms. The van der Waals surface area contributed by atoms with E-state index in [4.69, 9.17) is 9.47 Å². The highest BCUT2D eigenvalue weighted by molar-refractivity contribution is 5.82. The molecule has 6 atom stereocenters. The van der Waals surface area contributed by atoms with E-state index in [0.29, 0.717) is 11.8 Å². The van der Waals surface area contributed by atoms with Crippen molar-refractivity contribution in [2.24, 2.45) is 11.3 Å². The van der Waals surface area contributed by atoms with Crippen LogP contribution < -0.4 is 5.32 Å². The highest BCUT2D eigenvalue weighted by Crippen LogP contribution is 2.69. The van der Waals surface area contributed by atoms with Gasteiger partial charge in [-0.1, -0.05) is 31.2 Å². The molecular formula is C30H34N2O3. The molecule has 1 N–H and O–H groups in total. The Hall–Kier alpha value is -2.66. The number of allylic oxidation sites excluding steroid dienone is 1. The van der Waals surface area contributed by atoms with Gasteiger partial charge in [-0.2, -0.15) is 0 Å². The predicted molar refractivity (Wildman–Crippen MR) is 135 cm³/mol. The van der Waals surface area contributed by atoms with Crippen molar-refractivity contribution in [2.75, 3.05) is 7.05 Å². The van der Waals surface area contributed by atoms with E-state index in [1.807, 2.05) is 12.4 Å². The standard InChI is InChI=1S/C30H34N2O3/c1-28-11-9-23-16-22-5-6-24(34-27(33)31-2)17-29(22)12-13-30(23,35-29)26(28)8-7-25(28)20-4-3-19-10-14-32-18-21(19)15-20/h3-4,9-10,14-16,18,24-26H,5-8,11-13,17H2,1-2H3,(H,31,33)/t24?,25?,26-,28?,29-,30-/m1/s1. The van der Waals surface area contributed by atoms with Gasteiger partial charge in [-0.25, -0.2) is 4.79 Å². The maximum atomic E-state index is 11.9. The molecule has 1 aromatic carbocycles. The zero-order valence-electron chi connectivity index (χ0n) is 20.7. The van der Waals surface area contributed by atoms with E-state index < -0.39 is 0 Å². The summed E-state index contributed by atoms with van der Waals surface area (Å²) in [4.78, 5) is 16.3. The molecule has 1 amide bonds. The first-order chi connectivity index (χ1) is 17.0. The number of hydrogen-bond acceptors (Lipinski definition) is 4. The number of fused-ring (bicyclic) bond motifs is 2. The Labute approximate surface area is 207 Å². The van der Waals surface area contributed by atoms with Gasteiger partial charge in [0.05, 0.1) is 11.2 Å². The van der Waals surface area contributed by atoms with Crippen LogP contribution in [0, 0.1) is 11.3 Å². The highest BCUT2D eigenvalue weighted by atomic mass is 16.6. The van der Waals surface area contributed by atoms with Gasteiger partial charge in [-0.3, -0.25) is 4.98 Å². The number of rotatable bonds is 2. The van der Waals surface area contributed by atoms with Crippen LogP contribution in [0.2, 0.25) is 0 Å². The summed E-state index contributed by atoms with van der Waals surface area (Å²) >= 11 is 0. The summed E-state index contributed by atoms with van der Waals surface area (Å²) in [5.74, 6) is 1.02. The number of alkyl carbamates (subject to hydrolysis) is 1. The molecule has 7 rings (SSSR count). The van der Waals surface area contributed by atoms with Gasteiger partial charge in [-0.05, 0) is 96.4 Å². The molecule has 2 aromatic rings. The Morgan fingerprint density at radius 1 is 1.17 bits per heavy atom. The summed E-state index contributed by atoms with van der Waals surface area (Å²) in [6, 6.07) is 9.07. The summed E-state index contributed by atoms with van der Waals surface area (Å²) in [5.41, 5.74) is 4.01. The van der Waals surface area contributed by atoms with Crippen molar-refractivity contribution in [1.29, 1.82) is 0 Å². The molecule has 0 radical (unpaired) electrons. The SMILES string of the molecule is CNC(=O)OC1CCC2=CC3=CCC4(C)C(c5ccc6ccncc6c5)CC[C@H]4[C@@]34CC[C@]2(C1)O4. The minimum absolute atomic E-state index is 0.0784. The zero-order valence-corrected chi connectivity index (χ0v) is 20.7. The van der Waals surface area contributed by atoms with Crippen LogP contribution in [-0.4, -0.2) is 35.4 Å². The van der Waals surface area contributed by atoms with Gasteiger partial charge in [0, 0.05) is 31.2 Å². The molecule has 5 nitrogen and oxygen atoms in total. The molecule has 35 heavy (non-hydrogen) atoms. The first kappa shape index (κ1) is 21.6. The minimum Gasteiger partial charge on any atom is -0.446 e. The average molecular weight is 471 g/mol. The summed E-state index contributed by atoms with van der Waals surface area (Å²) in [7, 11) is 1.62. The largest absolute Gasteiger partial charge is 0.446 e. The molecule has 3 aliphatic carbocycles. The van der Waals surface area contributed by atoms with Crippen molar-refractivity contribution in [2.45, 2.75) is 81.5 Å². The van der Waals surface area contributed by atoms with Crippen LogP contribution in [0.25, 0.3) is 10.8 Å². The molecule has 5 heteroatoms. The lowest BCUT2D eigenvalue weighted by molar-refractivity contribution is -0.144. The number of pyridine rings is 1. The molecule has 1 saturated heterocycles. The second kappa shape index (κ2) is 7.42. The summed E-state index contributed by atoms with van der Waals surface area (Å²) < 4.78 is 13.0. The number of aromatic nitrogens is 1. The van der Waals surface area contributed by atoms with Crippen LogP contribution in [0.1, 0.15) is 69.8 Å². The van der Waals surface area contributed by atoms with E-state index in [2.05, 4.69) is 53.6 Å². The van der Waals surface area contributed by atoms with Gasteiger partial charge < -0.3 is 14.8 Å². The zero-order chi connectivity index (χ0) is 23.8. The summed E-state index contributed by atoms with van der Waals surface area (Å²) in [6.45, 7) is 2.51. The van der Waals surface area contributed by atoms with Crippen LogP contribution in [0.4, 0.5) is 4.79 Å². The maximum absolute atomic E-state index is 11.9. The highest BCUT2D eigenvalue weighted by Gasteiger charge is 2.66. The Morgan fingerprint density at radius 2 is 2.09 bits per heavy atom. The van der Waals surface area contributed by atoms with Crippen molar-refractivity contribution < 1.29 is 14.3 Å². The number of nitrogens with one attached hydrogen (secondary N) is 1. The number of amides is 1. The molecule has 2 aliphatic heterocycles. The van der Waals surface area contributed by atoms with Gasteiger partial charge in [0.25, 0.3) is 0 Å². The number of benzene rings is 1. The predicted octanol–water partition coefficient (Wildman–Crippen LogP) is 6.20. The topological polar surface area (TPSA) is 60.5 Å². The smallest absolute Gasteiger partial charge is 0.407 e. The molecular weight excluding hydrogens is 436 g/mol. The lowest BCUT2D eigenvalue weighted by Crippen LogP contribution is -2.54. The van der Waals surface area contributed by atoms with E-state index in [0.717, 1.165) is 38.5 Å². The lowest BCUT2D eigenvalue weighted by Gasteiger charge is -2.54. The molecule has 2 saturated carbocycles. The number of hydrogen-bond donors (Lipinski definition) is 1. The van der Waals surface area contributed by atoms with Crippen molar-refractivity contribution >= 4 is 16.9 Å². The monoisotopic (exact) mass is 470 g/mol. The van der Waals surface area contributed by atoms with Crippen LogP contribution in [0.3, 0.4) is 0 Å². The second-order valence-corrected chi connectivity index (χ2v) is 11.7. The van der Waals surface area contributed by atoms with Crippen LogP contribution in [-0.2, 0) is 9.47 Å². The number of nitrogens with zero attached hydrogens (tertiary/aromatic N) is 1. The van der Waals surface area contributed by atoms with Gasteiger partial charge in [0.15, 0.2) is 0 Å². The van der Waals surface area contributed by atoms with Crippen molar-refractivity contribution in [3.8, 4) is 0 Å². The first-order valence-electron chi connectivity index (χ1n) is 13.3. The van der Waals surface area contributed by atoms with Crippen LogP contribution in [0.15, 0.2) is 60.0 Å². The van der Waals surface area contributed by atoms with Gasteiger partial charge in [-0.15, -0.1) is 0 Å². The fourth-order valence-electron chi connectivity index (χ4n) is 8.54. The molecule has 3 unspecified atom stereocenters. The molecule has 3 fully saturated rings. The van der Waals surface area contributed by atoms with Crippen molar-refractivity contribution in [1.82, 2.24) is 10.3 Å². The first-order valence-corrected chi connectivity index (χ1v) is 13.3. The van der Waals surface area contributed by atoms with Crippen LogP contribution >= 0.6 is 0 Å². The average Bonchev–Trinajstić information content (AvgIpc) is 3.38. The van der Waals surface area contributed by atoms with E-state index in [-0.39, 0.29) is 28.8 Å². The van der Waals surface area contributed by atoms with Crippen LogP contribution in [0.5, 0.6) is 0 Å². The molecule has 182 valence electrons. The molecule has 3 heterocycles. The van der Waals surface area contributed by atoms with E-state index in [9.17, 15) is 4.79 Å². The fourth-order valence-corrected chi connectivity index (χ4v) is 8.54. The number of ether oxygens (including phenoxy) is 2. The van der Waals surface area contributed by atoms with E-state index in [1.165, 1.54) is 40.3 Å². The van der Waals surface area contributed by atoms with Gasteiger partial charge in [0.1, 0.15) is 6.10 Å². The minimum atomic E-state index is -0.336. The molecule has 1 aromatic heterocycles. The normalized spacial score (nSPS) is 39.2. The number of carbonyl (C=O) groups excluding carboxylic acids is 1. The van der Waals surface area contributed by atoms with E-state index in [1.54, 1.807) is 7.05 Å². The van der Waals surface area contributed by atoms with Gasteiger partial charge >= 0.3 is 6.09 Å². The second-order valence-electron chi connectivity index (χ2n) is 11.7. The number of carbonyl (C=O) groups is 1. The van der Waals surface area contributed by atoms with Crippen molar-refractivity contribution in [3.63, 3.8) is 0 Å². The van der Waals surface area contributed by atoms with Crippen molar-refractivity contribution in [3.05, 3.63) is 65.5 Å². The third kappa shape index (κ3) is 2.97. The molecule has 5 aliphatic rings. The Bertz CT molecular complexity index is 1280. The molecule has 2 bridgehead atoms. The Morgan fingerprint density at radius 3 is 2.97 bits per heavy atom. The third-order valence-corrected chi connectivity index (χ3v) is 10.2. The third-order valence-electron chi connectivity index (χ3n) is 10.2. The Balaban J connectivity index is 1.23. The quantitative estimate of drug-likeness (QED) is 0.568. The van der Waals surface area contributed by atoms with Gasteiger partial charge in [0.2, 0.25) is 0 Å². The Kier molecular flexibility index (Phi) is 4.58. The van der Waals surface area contributed by atoms with E-state index >= 15 is 0 Å². The fraction of sp³-hybridized carbons (Fsp3) is 0.533. The summed E-state index contributed by atoms with van der Waals surface area (Å²) in [5, 5.41) is 5.09.